The van der Waals surface area contributed by atoms with Crippen LogP contribution >= 0.6 is 0 Å². The van der Waals surface area contributed by atoms with Crippen LogP contribution in [0, 0.1) is 13.8 Å². The third-order valence-corrected chi connectivity index (χ3v) is 4.96. The predicted octanol–water partition coefficient (Wildman–Crippen LogP) is 3.22. The molecule has 5 nitrogen and oxygen atoms in total. The third-order valence-electron chi connectivity index (χ3n) is 4.96. The average Bonchev–Trinajstić information content (AvgIpc) is 2.64. The van der Waals surface area contributed by atoms with Gasteiger partial charge < -0.3 is 15.1 Å². The fourth-order valence-corrected chi connectivity index (χ4v) is 3.15. The Morgan fingerprint density at radius 3 is 2.31 bits per heavy atom. The lowest BCUT2D eigenvalue weighted by molar-refractivity contribution is -0.129. The number of carbonyl (C=O) groups is 2. The minimum absolute atomic E-state index is 0.105. The number of piperazine rings is 1. The lowest BCUT2D eigenvalue weighted by atomic mass is 10.1. The van der Waals surface area contributed by atoms with Crippen molar-refractivity contribution in [2.45, 2.75) is 20.8 Å². The van der Waals surface area contributed by atoms with E-state index in [-0.39, 0.29) is 11.8 Å². The van der Waals surface area contributed by atoms with Crippen LogP contribution in [0.2, 0.25) is 0 Å². The van der Waals surface area contributed by atoms with Crippen molar-refractivity contribution in [3.8, 4) is 0 Å². The number of anilines is 2. The van der Waals surface area contributed by atoms with Crippen molar-refractivity contribution in [3.63, 3.8) is 0 Å². The standard InChI is InChI=1S/C21H25N3O2/c1-15-7-8-18(13-16(15)2)21(26)22-19-5-4-6-20(14-19)24-11-9-23(10-12-24)17(3)25/h4-8,13-14H,9-12H2,1-3H3,(H,22,26). The van der Waals surface area contributed by atoms with Gasteiger partial charge in [0.25, 0.3) is 5.91 Å². The Balaban J connectivity index is 1.68. The summed E-state index contributed by atoms with van der Waals surface area (Å²) in [6, 6.07) is 13.6. The van der Waals surface area contributed by atoms with E-state index < -0.39 is 0 Å². The molecule has 0 saturated carbocycles. The van der Waals surface area contributed by atoms with E-state index in [0.717, 1.165) is 43.1 Å². The van der Waals surface area contributed by atoms with Crippen molar-refractivity contribution in [2.75, 3.05) is 36.4 Å². The second-order valence-electron chi connectivity index (χ2n) is 6.80. The Morgan fingerprint density at radius 2 is 1.65 bits per heavy atom. The van der Waals surface area contributed by atoms with Gasteiger partial charge in [-0.25, -0.2) is 0 Å². The van der Waals surface area contributed by atoms with Crippen molar-refractivity contribution in [1.82, 2.24) is 4.90 Å². The Morgan fingerprint density at radius 1 is 0.923 bits per heavy atom. The van der Waals surface area contributed by atoms with Gasteiger partial charge in [-0.1, -0.05) is 12.1 Å². The summed E-state index contributed by atoms with van der Waals surface area (Å²) in [5.74, 6) is 0.0192. The molecule has 1 heterocycles. The van der Waals surface area contributed by atoms with Gasteiger partial charge >= 0.3 is 0 Å². The largest absolute Gasteiger partial charge is 0.368 e. The van der Waals surface area contributed by atoms with Crippen molar-refractivity contribution in [2.24, 2.45) is 0 Å². The van der Waals surface area contributed by atoms with Gasteiger partial charge in [-0.05, 0) is 55.3 Å². The minimum atomic E-state index is -0.105. The van der Waals surface area contributed by atoms with Crippen molar-refractivity contribution < 1.29 is 9.59 Å². The van der Waals surface area contributed by atoms with Crippen LogP contribution in [-0.4, -0.2) is 42.9 Å². The number of aryl methyl sites for hydroxylation is 2. The molecule has 26 heavy (non-hydrogen) atoms. The molecule has 0 spiro atoms. The molecule has 0 aromatic heterocycles. The summed E-state index contributed by atoms with van der Waals surface area (Å²) in [4.78, 5) is 28.1. The number of nitrogens with one attached hydrogen (secondary N) is 1. The van der Waals surface area contributed by atoms with E-state index in [1.165, 1.54) is 5.56 Å². The van der Waals surface area contributed by atoms with Crippen molar-refractivity contribution >= 4 is 23.2 Å². The van der Waals surface area contributed by atoms with Crippen LogP contribution in [0.1, 0.15) is 28.4 Å². The van der Waals surface area contributed by atoms with Gasteiger partial charge in [-0.3, -0.25) is 9.59 Å². The van der Waals surface area contributed by atoms with E-state index in [0.29, 0.717) is 5.56 Å². The maximum absolute atomic E-state index is 12.5. The zero-order valence-corrected chi connectivity index (χ0v) is 15.6. The number of hydrogen-bond donors (Lipinski definition) is 1. The van der Waals surface area contributed by atoms with Gasteiger partial charge in [0, 0.05) is 50.0 Å². The molecule has 1 fully saturated rings. The fourth-order valence-electron chi connectivity index (χ4n) is 3.15. The summed E-state index contributed by atoms with van der Waals surface area (Å²) in [7, 11) is 0. The van der Waals surface area contributed by atoms with Crippen molar-refractivity contribution in [3.05, 3.63) is 59.2 Å². The summed E-state index contributed by atoms with van der Waals surface area (Å²) in [5, 5.41) is 2.98. The monoisotopic (exact) mass is 351 g/mol. The highest BCUT2D eigenvalue weighted by Crippen LogP contribution is 2.22. The molecule has 1 aliphatic rings. The number of rotatable bonds is 3. The highest BCUT2D eigenvalue weighted by atomic mass is 16.2. The summed E-state index contributed by atoms with van der Waals surface area (Å²) in [6.07, 6.45) is 0. The number of carbonyl (C=O) groups excluding carboxylic acids is 2. The molecule has 0 unspecified atom stereocenters. The second-order valence-corrected chi connectivity index (χ2v) is 6.80. The van der Waals surface area contributed by atoms with E-state index in [4.69, 9.17) is 0 Å². The molecule has 1 N–H and O–H groups in total. The van der Waals surface area contributed by atoms with E-state index in [9.17, 15) is 9.59 Å². The SMILES string of the molecule is CC(=O)N1CCN(c2cccc(NC(=O)c3ccc(C)c(C)c3)c2)CC1. The van der Waals surface area contributed by atoms with Crippen LogP contribution in [0.3, 0.4) is 0 Å². The van der Waals surface area contributed by atoms with Crippen LogP contribution in [-0.2, 0) is 4.79 Å². The quantitative estimate of drug-likeness (QED) is 0.924. The number of hydrogen-bond acceptors (Lipinski definition) is 3. The molecule has 1 aliphatic heterocycles. The molecule has 2 aromatic rings. The molecule has 136 valence electrons. The first-order valence-corrected chi connectivity index (χ1v) is 8.93. The Bertz CT molecular complexity index is 824. The fraction of sp³-hybridized carbons (Fsp3) is 0.333. The average molecular weight is 351 g/mol. The zero-order valence-electron chi connectivity index (χ0n) is 15.6. The first-order chi connectivity index (χ1) is 12.4. The van der Waals surface area contributed by atoms with Crippen LogP contribution in [0.25, 0.3) is 0 Å². The third kappa shape index (κ3) is 4.04. The van der Waals surface area contributed by atoms with E-state index >= 15 is 0 Å². The van der Waals surface area contributed by atoms with Crippen molar-refractivity contribution in [1.29, 1.82) is 0 Å². The summed E-state index contributed by atoms with van der Waals surface area (Å²) >= 11 is 0. The first kappa shape index (κ1) is 18.0. The minimum Gasteiger partial charge on any atom is -0.368 e. The first-order valence-electron chi connectivity index (χ1n) is 8.93. The molecular formula is C21H25N3O2. The molecule has 2 amide bonds. The van der Waals surface area contributed by atoms with E-state index in [1.54, 1.807) is 6.92 Å². The smallest absolute Gasteiger partial charge is 0.255 e. The van der Waals surface area contributed by atoms with Crippen LogP contribution < -0.4 is 10.2 Å². The molecule has 0 bridgehead atoms. The van der Waals surface area contributed by atoms with Gasteiger partial charge in [-0.2, -0.15) is 0 Å². The zero-order chi connectivity index (χ0) is 18.7. The second kappa shape index (κ2) is 7.60. The van der Waals surface area contributed by atoms with Gasteiger partial charge in [0.1, 0.15) is 0 Å². The van der Waals surface area contributed by atoms with E-state index in [1.807, 2.05) is 61.2 Å². The lowest BCUT2D eigenvalue weighted by Gasteiger charge is -2.35. The Kier molecular flexibility index (Phi) is 5.26. The maximum Gasteiger partial charge on any atom is 0.255 e. The summed E-state index contributed by atoms with van der Waals surface area (Å²) in [6.45, 7) is 8.71. The Hall–Kier alpha value is -2.82. The highest BCUT2D eigenvalue weighted by molar-refractivity contribution is 6.04. The molecule has 0 atom stereocenters. The van der Waals surface area contributed by atoms with Crippen LogP contribution in [0.15, 0.2) is 42.5 Å². The van der Waals surface area contributed by atoms with E-state index in [2.05, 4.69) is 10.2 Å². The summed E-state index contributed by atoms with van der Waals surface area (Å²) < 4.78 is 0. The van der Waals surface area contributed by atoms with Crippen LogP contribution in [0.5, 0.6) is 0 Å². The molecule has 0 radical (unpaired) electrons. The molecule has 0 aliphatic carbocycles. The van der Waals surface area contributed by atoms with Gasteiger partial charge in [-0.15, -0.1) is 0 Å². The molecule has 3 rings (SSSR count). The predicted molar refractivity (Wildman–Crippen MR) is 105 cm³/mol. The number of nitrogens with zero attached hydrogens (tertiary/aromatic N) is 2. The molecule has 2 aromatic carbocycles. The normalized spacial score (nSPS) is 14.3. The summed E-state index contributed by atoms with van der Waals surface area (Å²) in [5.41, 5.74) is 4.78. The number of benzene rings is 2. The van der Waals surface area contributed by atoms with Crippen LogP contribution in [0.4, 0.5) is 11.4 Å². The maximum atomic E-state index is 12.5. The van der Waals surface area contributed by atoms with Gasteiger partial charge in [0.15, 0.2) is 0 Å². The molecule has 1 saturated heterocycles. The molecule has 5 heteroatoms. The Labute approximate surface area is 154 Å². The lowest BCUT2D eigenvalue weighted by Crippen LogP contribution is -2.48. The molecular weight excluding hydrogens is 326 g/mol. The van der Waals surface area contributed by atoms with Gasteiger partial charge in [0.2, 0.25) is 5.91 Å². The van der Waals surface area contributed by atoms with Gasteiger partial charge in [0.05, 0.1) is 0 Å². The highest BCUT2D eigenvalue weighted by Gasteiger charge is 2.19. The number of amides is 2. The topological polar surface area (TPSA) is 52.7 Å².